The number of carboxylic acids is 1. The van der Waals surface area contributed by atoms with E-state index in [0.717, 1.165) is 57.8 Å². The van der Waals surface area contributed by atoms with Crippen LogP contribution in [0.3, 0.4) is 0 Å². The van der Waals surface area contributed by atoms with E-state index in [1.165, 1.54) is 38.5 Å². The van der Waals surface area contributed by atoms with Gasteiger partial charge in [-0.05, 0) is 77.0 Å². The predicted octanol–water partition coefficient (Wildman–Crippen LogP) is 12.6. The molecule has 11 nitrogen and oxygen atoms in total. The average molecular weight is 896 g/mol. The first-order valence-corrected chi connectivity index (χ1v) is 24.2. The normalized spacial score (nSPS) is 14.9. The van der Waals surface area contributed by atoms with Crippen molar-refractivity contribution in [1.29, 1.82) is 0 Å². The molecule has 0 amide bonds. The van der Waals surface area contributed by atoms with E-state index < -0.39 is 57.7 Å². The van der Waals surface area contributed by atoms with Gasteiger partial charge in [0.25, 0.3) is 0 Å². The molecule has 0 saturated heterocycles. The molecule has 0 aliphatic rings. The third-order valence-electron chi connectivity index (χ3n) is 8.69. The van der Waals surface area contributed by atoms with E-state index in [4.69, 9.17) is 24.8 Å². The Labute approximate surface area is 379 Å². The fourth-order valence-electron chi connectivity index (χ4n) is 5.10. The lowest BCUT2D eigenvalue weighted by Crippen LogP contribution is -2.34. The molecule has 0 saturated carbocycles. The van der Waals surface area contributed by atoms with Crippen LogP contribution in [-0.4, -0.2) is 59.9 Å². The zero-order valence-electron chi connectivity index (χ0n) is 38.1. The Kier molecular flexibility index (Phi) is 41.2. The van der Waals surface area contributed by atoms with Crippen LogP contribution in [-0.2, 0) is 37.5 Å². The second kappa shape index (κ2) is 44.2. The lowest BCUT2D eigenvalue weighted by Gasteiger charge is -2.20. The number of carbonyl (C=O) groups is 3. The number of esters is 2. The summed E-state index contributed by atoms with van der Waals surface area (Å²) in [5, 5.41) is 8.89. The topological polar surface area (TPSA) is 172 Å². The molecule has 3 atom stereocenters. The maximum atomic E-state index is 12.6. The number of carbonyl (C=O) groups excluding carboxylic acids is 2. The highest BCUT2D eigenvalue weighted by Crippen LogP contribution is 2.43. The second-order valence-corrected chi connectivity index (χ2v) is 16.0. The minimum atomic E-state index is -4.78. The van der Waals surface area contributed by atoms with Crippen LogP contribution in [0.1, 0.15) is 136 Å². The Hall–Kier alpha value is -4.38. The van der Waals surface area contributed by atoms with Gasteiger partial charge in [0.15, 0.2) is 6.10 Å². The smallest absolute Gasteiger partial charge is 0.472 e. The number of aliphatic carboxylic acids is 1. The summed E-state index contributed by atoms with van der Waals surface area (Å²) in [5.74, 6) is -2.72. The monoisotopic (exact) mass is 896 g/mol. The molecule has 4 N–H and O–H groups in total. The minimum Gasteiger partial charge on any atom is -0.480 e. The van der Waals surface area contributed by atoms with Crippen molar-refractivity contribution in [3.05, 3.63) is 134 Å². The van der Waals surface area contributed by atoms with Crippen LogP contribution in [0.25, 0.3) is 0 Å². The lowest BCUT2D eigenvalue weighted by molar-refractivity contribution is -0.160. The molecule has 12 heteroatoms. The fraction of sp³-hybridized carbons (Fsp3) is 0.510. The molecule has 0 fully saturated rings. The number of carboxylic acid groups (broad SMARTS) is 1. The number of hydrogen-bond acceptors (Lipinski definition) is 9. The largest absolute Gasteiger partial charge is 0.480 e. The summed E-state index contributed by atoms with van der Waals surface area (Å²) in [6.45, 7) is 2.52. The van der Waals surface area contributed by atoms with Gasteiger partial charge in [0, 0.05) is 0 Å². The van der Waals surface area contributed by atoms with Crippen molar-refractivity contribution < 1.29 is 47.5 Å². The van der Waals surface area contributed by atoms with Crippen LogP contribution in [0, 0.1) is 0 Å². The van der Waals surface area contributed by atoms with Crippen LogP contribution in [0.15, 0.2) is 134 Å². The summed E-state index contributed by atoms with van der Waals surface area (Å²) < 4.78 is 32.5. The zero-order chi connectivity index (χ0) is 46.3. The molecular weight excluding hydrogens is 818 g/mol. The molecule has 0 heterocycles. The standard InChI is InChI=1S/C51H78NO10P/c1-3-5-7-9-11-13-15-17-19-21-23-25-26-28-30-32-34-36-38-40-42-49(53)59-44-47(45-60-63(57,58)61-46-48(52)51(55)56)62-50(54)43-41-39-37-35-33-31-29-27-24-22-20-18-16-14-12-10-8-6-4-2/h9,11,14-17,20-23,26-29,32-35,38-41,47-48H,3-8,10,12-13,18-19,24-25,30-31,36-37,42-46,52H2,1-2H3,(H,55,56)(H,57,58)/t47-,48+/m1/s1. The van der Waals surface area contributed by atoms with Gasteiger partial charge < -0.3 is 25.2 Å². The van der Waals surface area contributed by atoms with Crippen molar-refractivity contribution in [3.63, 3.8) is 0 Å². The first kappa shape index (κ1) is 58.6. The number of phosphoric ester groups is 1. The van der Waals surface area contributed by atoms with E-state index in [1.54, 1.807) is 12.2 Å². The first-order valence-electron chi connectivity index (χ1n) is 22.7. The van der Waals surface area contributed by atoms with E-state index in [-0.39, 0.29) is 12.8 Å². The van der Waals surface area contributed by atoms with Crippen LogP contribution >= 0.6 is 7.82 Å². The third-order valence-corrected chi connectivity index (χ3v) is 9.64. The van der Waals surface area contributed by atoms with Crippen LogP contribution in [0.4, 0.5) is 0 Å². The number of hydrogen-bond donors (Lipinski definition) is 3. The highest BCUT2D eigenvalue weighted by atomic mass is 31.2. The van der Waals surface area contributed by atoms with E-state index in [0.29, 0.717) is 12.8 Å². The Bertz CT molecular complexity index is 1570. The number of ether oxygens (including phenoxy) is 2. The third kappa shape index (κ3) is 44.0. The van der Waals surface area contributed by atoms with E-state index in [9.17, 15) is 23.8 Å². The van der Waals surface area contributed by atoms with Gasteiger partial charge in [0.2, 0.25) is 0 Å². The van der Waals surface area contributed by atoms with Gasteiger partial charge in [0.05, 0.1) is 26.1 Å². The van der Waals surface area contributed by atoms with Crippen molar-refractivity contribution in [1.82, 2.24) is 0 Å². The van der Waals surface area contributed by atoms with Crippen molar-refractivity contribution >= 4 is 25.7 Å². The molecule has 0 aromatic carbocycles. The molecule has 0 aliphatic carbocycles. The fourth-order valence-corrected chi connectivity index (χ4v) is 5.88. The van der Waals surface area contributed by atoms with Crippen LogP contribution in [0.2, 0.25) is 0 Å². The molecule has 0 spiro atoms. The number of allylic oxidation sites excluding steroid dienone is 20. The molecule has 0 aliphatic heterocycles. The molecule has 0 aromatic heterocycles. The number of phosphoric acid groups is 1. The van der Waals surface area contributed by atoms with Gasteiger partial charge in [-0.1, -0.05) is 180 Å². The van der Waals surface area contributed by atoms with Gasteiger partial charge in [-0.3, -0.25) is 23.4 Å². The Balaban J connectivity index is 4.66. The lowest BCUT2D eigenvalue weighted by atomic mass is 10.1. The zero-order valence-corrected chi connectivity index (χ0v) is 39.0. The van der Waals surface area contributed by atoms with Crippen molar-refractivity contribution in [2.24, 2.45) is 5.73 Å². The summed E-state index contributed by atoms with van der Waals surface area (Å²) in [5.41, 5.74) is 5.32. The predicted molar refractivity (Wildman–Crippen MR) is 258 cm³/mol. The van der Waals surface area contributed by atoms with Crippen LogP contribution < -0.4 is 5.73 Å². The highest BCUT2D eigenvalue weighted by Gasteiger charge is 2.28. The molecule has 352 valence electrons. The van der Waals surface area contributed by atoms with E-state index in [2.05, 4.69) is 103 Å². The quantitative estimate of drug-likeness (QED) is 0.0231. The summed E-state index contributed by atoms with van der Waals surface area (Å²) in [6.07, 6.45) is 61.4. The van der Waals surface area contributed by atoms with Gasteiger partial charge in [-0.2, -0.15) is 0 Å². The number of unbranched alkanes of at least 4 members (excludes halogenated alkanes) is 6. The molecule has 0 rings (SSSR count). The second-order valence-electron chi connectivity index (χ2n) is 14.5. The maximum absolute atomic E-state index is 12.6. The molecule has 0 radical (unpaired) electrons. The van der Waals surface area contributed by atoms with Crippen molar-refractivity contribution in [2.75, 3.05) is 19.8 Å². The van der Waals surface area contributed by atoms with E-state index >= 15 is 0 Å². The van der Waals surface area contributed by atoms with Crippen molar-refractivity contribution in [2.45, 2.75) is 148 Å². The van der Waals surface area contributed by atoms with Gasteiger partial charge >= 0.3 is 25.7 Å². The summed E-state index contributed by atoms with van der Waals surface area (Å²) >= 11 is 0. The molecular formula is C51H78NO10P. The Morgan fingerprint density at radius 2 is 0.857 bits per heavy atom. The number of rotatable bonds is 40. The van der Waals surface area contributed by atoms with Crippen molar-refractivity contribution in [3.8, 4) is 0 Å². The Morgan fingerprint density at radius 1 is 0.492 bits per heavy atom. The summed E-state index contributed by atoms with van der Waals surface area (Å²) in [6, 6.07) is -1.56. The molecule has 1 unspecified atom stereocenters. The summed E-state index contributed by atoms with van der Waals surface area (Å²) in [4.78, 5) is 45.9. The maximum Gasteiger partial charge on any atom is 0.472 e. The van der Waals surface area contributed by atoms with Gasteiger partial charge in [0.1, 0.15) is 12.6 Å². The van der Waals surface area contributed by atoms with Gasteiger partial charge in [-0.25, -0.2) is 4.57 Å². The highest BCUT2D eigenvalue weighted by molar-refractivity contribution is 7.47. The minimum absolute atomic E-state index is 0.0403. The number of nitrogens with two attached hydrogens (primary N) is 1. The molecule has 63 heavy (non-hydrogen) atoms. The molecule has 0 aromatic rings. The average Bonchev–Trinajstić information content (AvgIpc) is 3.26. The SMILES string of the molecule is CCCCC=CCC=CCC=CCC=CCC=CCC=CCC(=O)OC[C@H](COP(=O)(O)OC[C@H](N)C(=O)O)OC(=O)CC=CCC=CCC=CCC=CCC=CCCCCCC. The van der Waals surface area contributed by atoms with Gasteiger partial charge in [-0.15, -0.1) is 0 Å². The Morgan fingerprint density at radius 3 is 1.27 bits per heavy atom. The van der Waals surface area contributed by atoms with Crippen LogP contribution in [0.5, 0.6) is 0 Å². The summed E-state index contributed by atoms with van der Waals surface area (Å²) in [7, 11) is -4.78. The first-order chi connectivity index (χ1) is 30.6. The van der Waals surface area contributed by atoms with E-state index in [1.807, 2.05) is 36.5 Å². The molecule has 0 bridgehead atoms.